The fourth-order valence-corrected chi connectivity index (χ4v) is 4.05. The molecule has 0 atom stereocenters. The summed E-state index contributed by atoms with van der Waals surface area (Å²) in [4.78, 5) is 24.9. The molecule has 2 N–H and O–H groups in total. The molecule has 0 unspecified atom stereocenters. The average Bonchev–Trinajstić information content (AvgIpc) is 3.27. The van der Waals surface area contributed by atoms with E-state index in [2.05, 4.69) is 10.6 Å². The van der Waals surface area contributed by atoms with Gasteiger partial charge in [-0.05, 0) is 60.7 Å². The number of halogens is 3. The molecule has 9 heteroatoms. The van der Waals surface area contributed by atoms with E-state index in [1.165, 1.54) is 11.3 Å². The van der Waals surface area contributed by atoms with E-state index in [1.54, 1.807) is 44.2 Å². The van der Waals surface area contributed by atoms with Crippen molar-refractivity contribution in [2.24, 2.45) is 0 Å². The first kappa shape index (κ1) is 22.4. The molecular weight excluding hydrogens is 467 g/mol. The Balaban J connectivity index is 1.59. The van der Waals surface area contributed by atoms with E-state index in [-0.39, 0.29) is 34.2 Å². The zero-order valence-electron chi connectivity index (χ0n) is 16.0. The zero-order chi connectivity index (χ0) is 21.8. The van der Waals surface area contributed by atoms with Crippen LogP contribution < -0.4 is 15.4 Å². The summed E-state index contributed by atoms with van der Waals surface area (Å²) in [7, 11) is 0. The highest BCUT2D eigenvalue weighted by atomic mass is 35.5. The molecule has 0 aliphatic heterocycles. The van der Waals surface area contributed by atoms with Crippen LogP contribution in [0.2, 0.25) is 15.1 Å². The van der Waals surface area contributed by atoms with Gasteiger partial charge < -0.3 is 15.4 Å². The Morgan fingerprint density at radius 1 is 0.900 bits per heavy atom. The van der Waals surface area contributed by atoms with E-state index in [1.807, 2.05) is 11.4 Å². The molecular formula is C21H17Cl3N2O3S. The summed E-state index contributed by atoms with van der Waals surface area (Å²) < 4.78 is 5.55. The summed E-state index contributed by atoms with van der Waals surface area (Å²) in [6, 6.07) is 10.3. The predicted molar refractivity (Wildman–Crippen MR) is 124 cm³/mol. The van der Waals surface area contributed by atoms with Gasteiger partial charge in [-0.15, -0.1) is 11.3 Å². The van der Waals surface area contributed by atoms with Gasteiger partial charge in [-0.2, -0.15) is 0 Å². The van der Waals surface area contributed by atoms with Gasteiger partial charge in [0.1, 0.15) is 0 Å². The molecule has 0 saturated carbocycles. The second kappa shape index (κ2) is 9.71. The lowest BCUT2D eigenvalue weighted by molar-refractivity contribution is -0.118. The Bertz CT molecular complexity index is 1050. The van der Waals surface area contributed by atoms with E-state index < -0.39 is 0 Å². The summed E-state index contributed by atoms with van der Waals surface area (Å²) in [5, 5.41) is 8.35. The van der Waals surface area contributed by atoms with Crippen LogP contribution in [-0.2, 0) is 4.79 Å². The van der Waals surface area contributed by atoms with Gasteiger partial charge in [-0.3, -0.25) is 9.59 Å². The lowest BCUT2D eigenvalue weighted by atomic mass is 10.1. The van der Waals surface area contributed by atoms with Gasteiger partial charge in [0, 0.05) is 16.4 Å². The summed E-state index contributed by atoms with van der Waals surface area (Å²) in [6.07, 6.45) is 0. The normalized spacial score (nSPS) is 10.6. The smallest absolute Gasteiger partial charge is 0.265 e. The quantitative estimate of drug-likeness (QED) is 0.415. The van der Waals surface area contributed by atoms with E-state index in [0.29, 0.717) is 32.4 Å². The molecule has 3 rings (SSSR count). The number of anilines is 2. The number of amides is 2. The van der Waals surface area contributed by atoms with Crippen molar-refractivity contribution in [2.45, 2.75) is 13.8 Å². The maximum Gasteiger partial charge on any atom is 0.265 e. The Morgan fingerprint density at radius 2 is 1.47 bits per heavy atom. The molecule has 0 fully saturated rings. The maximum atomic E-state index is 12.2. The molecule has 2 aromatic carbocycles. The number of carbonyl (C=O) groups excluding carboxylic acids is 2. The first-order chi connectivity index (χ1) is 14.3. The van der Waals surface area contributed by atoms with Gasteiger partial charge >= 0.3 is 0 Å². The molecule has 5 nitrogen and oxygen atoms in total. The molecule has 0 saturated heterocycles. The van der Waals surface area contributed by atoms with Crippen molar-refractivity contribution in [3.63, 3.8) is 0 Å². The fourth-order valence-electron chi connectivity index (χ4n) is 2.61. The van der Waals surface area contributed by atoms with Crippen LogP contribution in [0.5, 0.6) is 5.75 Å². The van der Waals surface area contributed by atoms with Crippen molar-refractivity contribution in [1.82, 2.24) is 0 Å². The molecule has 0 radical (unpaired) electrons. The second-order valence-electron chi connectivity index (χ2n) is 6.37. The van der Waals surface area contributed by atoms with Crippen LogP contribution in [-0.4, -0.2) is 18.4 Å². The highest BCUT2D eigenvalue weighted by Gasteiger charge is 2.18. The molecule has 1 aromatic heterocycles. The number of thiophene rings is 1. The summed E-state index contributed by atoms with van der Waals surface area (Å²) in [5.74, 6) is -0.347. The van der Waals surface area contributed by atoms with Gasteiger partial charge in [-0.1, -0.05) is 40.9 Å². The van der Waals surface area contributed by atoms with E-state index in [9.17, 15) is 9.59 Å². The third-order valence-corrected chi connectivity index (χ3v) is 6.58. The minimum Gasteiger partial charge on any atom is -0.481 e. The highest BCUT2D eigenvalue weighted by Crippen LogP contribution is 2.42. The molecule has 0 spiro atoms. The summed E-state index contributed by atoms with van der Waals surface area (Å²) in [5.41, 5.74) is 2.44. The molecule has 1 heterocycles. The lowest BCUT2D eigenvalue weighted by Gasteiger charge is -2.15. The van der Waals surface area contributed by atoms with Gasteiger partial charge in [0.05, 0.1) is 14.9 Å². The van der Waals surface area contributed by atoms with Crippen molar-refractivity contribution in [3.05, 3.63) is 72.9 Å². The number of hydrogen-bond donors (Lipinski definition) is 2. The average molecular weight is 484 g/mol. The van der Waals surface area contributed by atoms with Crippen LogP contribution in [0.15, 0.2) is 41.8 Å². The monoisotopic (exact) mass is 482 g/mol. The predicted octanol–water partition coefficient (Wildman–Crippen LogP) is 6.59. The molecule has 0 aliphatic rings. The SMILES string of the molecule is Cc1c(Cl)c(C)c(Cl)c(OCC(=O)Nc2ccc(NC(=O)c3cccs3)cc2)c1Cl. The maximum absolute atomic E-state index is 12.2. The van der Waals surface area contributed by atoms with Crippen LogP contribution in [0.25, 0.3) is 0 Å². The molecule has 0 bridgehead atoms. The van der Waals surface area contributed by atoms with Gasteiger partial charge in [0.2, 0.25) is 0 Å². The second-order valence-corrected chi connectivity index (χ2v) is 8.45. The topological polar surface area (TPSA) is 67.4 Å². The minimum atomic E-state index is -0.386. The van der Waals surface area contributed by atoms with Crippen LogP contribution in [0, 0.1) is 13.8 Å². The third-order valence-electron chi connectivity index (χ3n) is 4.23. The van der Waals surface area contributed by atoms with Gasteiger partial charge in [-0.25, -0.2) is 0 Å². The van der Waals surface area contributed by atoms with Crippen molar-refractivity contribution in [2.75, 3.05) is 17.2 Å². The Hall–Kier alpha value is -2.25. The van der Waals surface area contributed by atoms with Crippen LogP contribution in [0.4, 0.5) is 11.4 Å². The largest absolute Gasteiger partial charge is 0.481 e. The first-order valence-electron chi connectivity index (χ1n) is 8.79. The fraction of sp³-hybridized carbons (Fsp3) is 0.143. The van der Waals surface area contributed by atoms with Crippen LogP contribution >= 0.6 is 46.1 Å². The number of nitrogens with one attached hydrogen (secondary N) is 2. The number of ether oxygens (including phenoxy) is 1. The van der Waals surface area contributed by atoms with Crippen molar-refractivity contribution in [1.29, 1.82) is 0 Å². The van der Waals surface area contributed by atoms with Crippen LogP contribution in [0.3, 0.4) is 0 Å². The van der Waals surface area contributed by atoms with E-state index >= 15 is 0 Å². The van der Waals surface area contributed by atoms with Crippen molar-refractivity contribution in [3.8, 4) is 5.75 Å². The standard InChI is InChI=1S/C21H17Cl3N2O3S/c1-11-17(22)12(2)19(24)20(18(11)23)29-10-16(27)25-13-5-7-14(8-6-13)26-21(28)15-4-3-9-30-15/h3-9H,10H2,1-2H3,(H,25,27)(H,26,28). The molecule has 0 aliphatic carbocycles. The number of benzene rings is 2. The van der Waals surface area contributed by atoms with Crippen molar-refractivity contribution >= 4 is 69.3 Å². The number of hydrogen-bond acceptors (Lipinski definition) is 4. The Kier molecular flexibility index (Phi) is 7.26. The number of rotatable bonds is 6. The first-order valence-corrected chi connectivity index (χ1v) is 10.8. The van der Waals surface area contributed by atoms with Crippen LogP contribution in [0.1, 0.15) is 20.8 Å². The molecule has 3 aromatic rings. The minimum absolute atomic E-state index is 0.183. The molecule has 156 valence electrons. The van der Waals surface area contributed by atoms with Crippen molar-refractivity contribution < 1.29 is 14.3 Å². The summed E-state index contributed by atoms with van der Waals surface area (Å²) >= 11 is 20.0. The summed E-state index contributed by atoms with van der Waals surface area (Å²) in [6.45, 7) is 3.22. The Morgan fingerprint density at radius 3 is 2.00 bits per heavy atom. The lowest BCUT2D eigenvalue weighted by Crippen LogP contribution is -2.20. The highest BCUT2D eigenvalue weighted by molar-refractivity contribution is 7.12. The van der Waals surface area contributed by atoms with Gasteiger partial charge in [0.25, 0.3) is 11.8 Å². The Labute approximate surface area is 192 Å². The molecule has 30 heavy (non-hydrogen) atoms. The van der Waals surface area contributed by atoms with Gasteiger partial charge in [0.15, 0.2) is 12.4 Å². The zero-order valence-corrected chi connectivity index (χ0v) is 19.1. The van der Waals surface area contributed by atoms with E-state index in [0.717, 1.165) is 0 Å². The number of carbonyl (C=O) groups is 2. The van der Waals surface area contributed by atoms with E-state index in [4.69, 9.17) is 39.5 Å². The molecule has 2 amide bonds. The third kappa shape index (κ3) is 5.08.